The normalized spacial score (nSPS) is 15.8. The molecule has 14 heteroatoms. The predicted molar refractivity (Wildman–Crippen MR) is 265 cm³/mol. The smallest absolute Gasteiger partial charge is 0.141 e. The number of aryl methyl sites for hydroxylation is 4. The van der Waals surface area contributed by atoms with Crippen molar-refractivity contribution in [2.24, 2.45) is 0 Å². The van der Waals surface area contributed by atoms with Crippen LogP contribution in [0, 0.1) is 27.7 Å². The number of benzene rings is 2. The fraction of sp³-hybridized carbons (Fsp3) is 0.509. The van der Waals surface area contributed by atoms with Gasteiger partial charge in [0.1, 0.15) is 45.7 Å². The number of fused-ring (bicyclic) bond motifs is 6. The number of ether oxygens (including phenoxy) is 4. The van der Waals surface area contributed by atoms with Crippen LogP contribution in [0.3, 0.4) is 0 Å². The molecule has 356 valence electrons. The zero-order valence-corrected chi connectivity index (χ0v) is 40.3. The Hall–Kier alpha value is -5.86. The molecule has 8 aromatic rings. The van der Waals surface area contributed by atoms with E-state index in [1.54, 1.807) is 28.4 Å². The average Bonchev–Trinajstić information content (AvgIpc) is 4.11. The van der Waals surface area contributed by atoms with Gasteiger partial charge in [-0.25, -0.2) is 9.97 Å². The maximum Gasteiger partial charge on any atom is 0.141 e. The minimum Gasteiger partial charge on any atom is -0.496 e. The number of aromatic nitrogens is 8. The first-order chi connectivity index (χ1) is 32.1. The van der Waals surface area contributed by atoms with Crippen LogP contribution in [0.4, 0.5) is 0 Å². The maximum absolute atomic E-state index is 5.86. The molecule has 10 rings (SSSR count). The summed E-state index contributed by atoms with van der Waals surface area (Å²) in [6, 6.07) is 8.67. The van der Waals surface area contributed by atoms with E-state index in [1.165, 1.54) is 64.2 Å². The molecule has 0 N–H and O–H groups in total. The van der Waals surface area contributed by atoms with Crippen LogP contribution in [-0.2, 0) is 9.47 Å². The van der Waals surface area contributed by atoms with E-state index in [9.17, 15) is 0 Å². The third-order valence-electron chi connectivity index (χ3n) is 14.0. The molecule has 0 unspecified atom stereocenters. The standard InChI is InChI=1S/2C26H32N4O3.CH4/c2*1-15(14-31-4)30-25-19-12-23(32-5)20(24-16(2)29-33-17(24)3)11-21(19)27-13-22(25)28-26(30)18-9-7-6-8-10-18;/h2*11-13,15,18H,6-10,14H2,1-5H3;1H4/t2*15-;/m10./s1. The van der Waals surface area contributed by atoms with Gasteiger partial charge >= 0.3 is 0 Å². The Balaban J connectivity index is 0.000000179. The molecule has 2 fully saturated rings. The van der Waals surface area contributed by atoms with Gasteiger partial charge in [-0.15, -0.1) is 0 Å². The maximum atomic E-state index is 5.86. The lowest BCUT2D eigenvalue weighted by Crippen LogP contribution is -2.18. The van der Waals surface area contributed by atoms with Crippen molar-refractivity contribution in [3.05, 3.63) is 71.2 Å². The Morgan fingerprint density at radius 2 is 0.955 bits per heavy atom. The number of methoxy groups -OCH3 is 4. The summed E-state index contributed by atoms with van der Waals surface area (Å²) >= 11 is 0. The molecule has 6 heterocycles. The lowest BCUT2D eigenvalue weighted by atomic mass is 9.88. The van der Waals surface area contributed by atoms with E-state index in [0.29, 0.717) is 25.0 Å². The topological polar surface area (TPSA) is 150 Å². The second-order valence-electron chi connectivity index (χ2n) is 18.5. The van der Waals surface area contributed by atoms with Gasteiger partial charge in [0.05, 0.1) is 96.5 Å². The number of rotatable bonds is 12. The molecule has 2 saturated carbocycles. The summed E-state index contributed by atoms with van der Waals surface area (Å²) in [6.45, 7) is 13.4. The molecule has 0 spiro atoms. The molecule has 0 amide bonds. The fourth-order valence-corrected chi connectivity index (χ4v) is 10.9. The summed E-state index contributed by atoms with van der Waals surface area (Å²) in [5.74, 6) is 6.37. The molecule has 0 radical (unpaired) electrons. The van der Waals surface area contributed by atoms with Gasteiger partial charge in [-0.1, -0.05) is 56.3 Å². The Morgan fingerprint density at radius 3 is 1.28 bits per heavy atom. The van der Waals surface area contributed by atoms with Gasteiger partial charge in [-0.05, 0) is 91.5 Å². The zero-order chi connectivity index (χ0) is 46.2. The first kappa shape index (κ1) is 47.6. The summed E-state index contributed by atoms with van der Waals surface area (Å²) in [5.41, 5.74) is 11.3. The Bertz CT molecular complexity index is 2760. The zero-order valence-electron chi connectivity index (χ0n) is 40.3. The SMILES string of the molecule is C.COC[C@@H](C)n1c(C2CCCCC2)nc2cnc3cc(-c4c(C)noc4C)c(OC)cc3c21.COC[C@H](C)n1c(C2CCCCC2)nc2cnc3cc(-c4c(C)noc4C)c(OC)cc3c21. The number of nitrogens with zero attached hydrogens (tertiary/aromatic N) is 8. The predicted octanol–water partition coefficient (Wildman–Crippen LogP) is 12.9. The fourth-order valence-electron chi connectivity index (χ4n) is 10.9. The number of hydrogen-bond acceptors (Lipinski definition) is 12. The minimum atomic E-state index is 0. The molecule has 2 aliphatic carbocycles. The first-order valence-corrected chi connectivity index (χ1v) is 23.7. The van der Waals surface area contributed by atoms with Crippen LogP contribution in [0.5, 0.6) is 11.5 Å². The Labute approximate surface area is 393 Å². The summed E-state index contributed by atoms with van der Waals surface area (Å²) in [6.07, 6.45) is 16.3. The number of pyridine rings is 2. The van der Waals surface area contributed by atoms with Crippen LogP contribution in [0.2, 0.25) is 0 Å². The van der Waals surface area contributed by atoms with E-state index in [4.69, 9.17) is 47.9 Å². The van der Waals surface area contributed by atoms with E-state index in [-0.39, 0.29) is 19.5 Å². The third kappa shape index (κ3) is 8.78. The highest BCUT2D eigenvalue weighted by Gasteiger charge is 2.29. The van der Waals surface area contributed by atoms with Crippen LogP contribution < -0.4 is 9.47 Å². The molecule has 0 bridgehead atoms. The summed E-state index contributed by atoms with van der Waals surface area (Å²) in [4.78, 5) is 19.9. The van der Waals surface area contributed by atoms with Crippen molar-refractivity contribution in [2.45, 2.75) is 137 Å². The van der Waals surface area contributed by atoms with Crippen molar-refractivity contribution in [1.29, 1.82) is 0 Å². The summed E-state index contributed by atoms with van der Waals surface area (Å²) < 4.78 is 38.5. The van der Waals surface area contributed by atoms with Crippen molar-refractivity contribution in [3.63, 3.8) is 0 Å². The lowest BCUT2D eigenvalue weighted by molar-refractivity contribution is 0.161. The van der Waals surface area contributed by atoms with Crippen molar-refractivity contribution in [1.82, 2.24) is 39.4 Å². The molecule has 0 aliphatic heterocycles. The molecule has 6 aromatic heterocycles. The van der Waals surface area contributed by atoms with E-state index in [2.05, 4.69) is 57.6 Å². The van der Waals surface area contributed by atoms with E-state index in [0.717, 1.165) is 112 Å². The lowest BCUT2D eigenvalue weighted by Gasteiger charge is -2.25. The van der Waals surface area contributed by atoms with Gasteiger partial charge in [0.2, 0.25) is 0 Å². The number of hydrogen-bond donors (Lipinski definition) is 0. The molecule has 14 nitrogen and oxygen atoms in total. The highest BCUT2D eigenvalue weighted by Crippen LogP contribution is 2.44. The highest BCUT2D eigenvalue weighted by atomic mass is 16.5. The van der Waals surface area contributed by atoms with Crippen LogP contribution in [0.1, 0.15) is 144 Å². The first-order valence-electron chi connectivity index (χ1n) is 23.7. The van der Waals surface area contributed by atoms with Crippen LogP contribution >= 0.6 is 0 Å². The molecule has 2 aliphatic rings. The van der Waals surface area contributed by atoms with Gasteiger partial charge in [0, 0.05) is 48.0 Å². The largest absolute Gasteiger partial charge is 0.496 e. The van der Waals surface area contributed by atoms with Crippen molar-refractivity contribution in [3.8, 4) is 33.8 Å². The van der Waals surface area contributed by atoms with Gasteiger partial charge in [0.15, 0.2) is 0 Å². The molecular formula is C53H68N8O6. The third-order valence-corrected chi connectivity index (χ3v) is 14.0. The summed E-state index contributed by atoms with van der Waals surface area (Å²) in [5, 5.41) is 10.3. The van der Waals surface area contributed by atoms with Gasteiger partial charge in [-0.3, -0.25) is 9.97 Å². The Morgan fingerprint density at radius 1 is 0.567 bits per heavy atom. The van der Waals surface area contributed by atoms with Crippen LogP contribution in [0.25, 0.3) is 66.1 Å². The number of imidazole rings is 2. The molecule has 67 heavy (non-hydrogen) atoms. The van der Waals surface area contributed by atoms with Crippen molar-refractivity contribution < 1.29 is 28.0 Å². The van der Waals surface area contributed by atoms with E-state index in [1.807, 2.05) is 40.1 Å². The monoisotopic (exact) mass is 913 g/mol. The van der Waals surface area contributed by atoms with E-state index >= 15 is 0 Å². The molecule has 0 saturated heterocycles. The molecular weight excluding hydrogens is 845 g/mol. The van der Waals surface area contributed by atoms with Gasteiger partial charge < -0.3 is 37.1 Å². The van der Waals surface area contributed by atoms with Crippen LogP contribution in [-0.4, -0.2) is 81.0 Å². The molecule has 2 atom stereocenters. The van der Waals surface area contributed by atoms with Crippen molar-refractivity contribution in [2.75, 3.05) is 41.7 Å². The average molecular weight is 913 g/mol. The summed E-state index contributed by atoms with van der Waals surface area (Å²) in [7, 11) is 6.92. The van der Waals surface area contributed by atoms with E-state index < -0.39 is 0 Å². The van der Waals surface area contributed by atoms with Gasteiger partial charge in [-0.2, -0.15) is 0 Å². The molecule has 2 aromatic carbocycles. The minimum absolute atomic E-state index is 0. The van der Waals surface area contributed by atoms with Crippen molar-refractivity contribution >= 4 is 43.9 Å². The Kier molecular flexibility index (Phi) is 14.3. The second kappa shape index (κ2) is 20.2. The highest BCUT2D eigenvalue weighted by molar-refractivity contribution is 6.06. The van der Waals surface area contributed by atoms with Gasteiger partial charge in [0.25, 0.3) is 0 Å². The second-order valence-corrected chi connectivity index (χ2v) is 18.5. The van der Waals surface area contributed by atoms with Crippen LogP contribution in [0.15, 0.2) is 45.7 Å². The quantitative estimate of drug-likeness (QED) is 0.115.